The Bertz CT molecular complexity index is 688. The Morgan fingerprint density at radius 1 is 1.22 bits per heavy atom. The van der Waals surface area contributed by atoms with Gasteiger partial charge in [-0.3, -0.25) is 5.32 Å². The minimum Gasteiger partial charge on any atom is -0.423 e. The highest BCUT2D eigenvalue weighted by Gasteiger charge is 2.10. The number of nitrogens with zero attached hydrogens (tertiary/aromatic N) is 3. The van der Waals surface area contributed by atoms with Gasteiger partial charge in [0.15, 0.2) is 5.58 Å². The van der Waals surface area contributed by atoms with Gasteiger partial charge in [-0.15, -0.1) is 5.10 Å². The predicted molar refractivity (Wildman–Crippen MR) is 62.2 cm³/mol. The average molecular weight is 246 g/mol. The van der Waals surface area contributed by atoms with Gasteiger partial charge in [0.05, 0.1) is 0 Å². The van der Waals surface area contributed by atoms with Crippen molar-refractivity contribution in [3.05, 3.63) is 29.7 Å². The van der Waals surface area contributed by atoms with E-state index in [9.17, 15) is 0 Å². The Hall–Kier alpha value is -2.41. The van der Waals surface area contributed by atoms with Gasteiger partial charge in [-0.2, -0.15) is 4.98 Å². The molecule has 0 bridgehead atoms. The highest BCUT2D eigenvalue weighted by atomic mass is 16.4. The summed E-state index contributed by atoms with van der Waals surface area (Å²) < 4.78 is 10.5. The van der Waals surface area contributed by atoms with Gasteiger partial charge in [0.1, 0.15) is 12.1 Å². The fraction of sp³-hybridized carbons (Fsp3) is 0.182. The average Bonchev–Trinajstić information content (AvgIpc) is 2.95. The Labute approximate surface area is 101 Å². The van der Waals surface area contributed by atoms with Crippen molar-refractivity contribution in [1.29, 1.82) is 0 Å². The fourth-order valence-corrected chi connectivity index (χ4v) is 1.55. The van der Waals surface area contributed by atoms with Gasteiger partial charge in [-0.1, -0.05) is 11.2 Å². The second kappa shape index (κ2) is 4.11. The van der Waals surface area contributed by atoms with Gasteiger partial charge in [0.25, 0.3) is 0 Å². The number of hydrogen-bond acceptors (Lipinski definition) is 7. The largest absolute Gasteiger partial charge is 0.423 e. The number of aryl methyl sites for hydroxylation is 1. The molecule has 0 unspecified atom stereocenters. The molecule has 0 radical (unpaired) electrons. The van der Waals surface area contributed by atoms with Gasteiger partial charge in [-0.05, 0) is 24.6 Å². The molecule has 0 spiro atoms. The normalized spacial score (nSPS) is 11.0. The molecule has 92 valence electrons. The number of benzene rings is 1. The summed E-state index contributed by atoms with van der Waals surface area (Å²) in [4.78, 5) is 4.24. The number of aromatic nitrogens is 3. The molecule has 18 heavy (non-hydrogen) atoms. The van der Waals surface area contributed by atoms with E-state index in [1.54, 1.807) is 0 Å². The van der Waals surface area contributed by atoms with Crippen LogP contribution in [0.5, 0.6) is 0 Å². The highest BCUT2D eigenvalue weighted by molar-refractivity contribution is 5.75. The molecule has 2 heterocycles. The molecular formula is C11H10N4O3. The Kier molecular flexibility index (Phi) is 2.45. The van der Waals surface area contributed by atoms with Crippen LogP contribution < -0.4 is 5.32 Å². The van der Waals surface area contributed by atoms with Crippen LogP contribution in [0, 0.1) is 6.92 Å². The zero-order valence-corrected chi connectivity index (χ0v) is 9.54. The minimum atomic E-state index is -0.304. The number of rotatable bonds is 3. The zero-order chi connectivity index (χ0) is 12.5. The lowest BCUT2D eigenvalue weighted by Crippen LogP contribution is -1.89. The van der Waals surface area contributed by atoms with Crippen molar-refractivity contribution < 1.29 is 13.9 Å². The van der Waals surface area contributed by atoms with E-state index >= 15 is 0 Å². The molecule has 0 aliphatic carbocycles. The maximum absolute atomic E-state index is 8.80. The smallest absolute Gasteiger partial charge is 0.323 e. The number of aliphatic hydroxyl groups excluding tert-OH is 1. The lowest BCUT2D eigenvalue weighted by atomic mass is 10.2. The lowest BCUT2D eigenvalue weighted by molar-refractivity contribution is 0.241. The van der Waals surface area contributed by atoms with Gasteiger partial charge in [-0.25, -0.2) is 0 Å². The van der Waals surface area contributed by atoms with Crippen LogP contribution in [0.15, 0.2) is 27.0 Å². The van der Waals surface area contributed by atoms with Crippen molar-refractivity contribution in [3.8, 4) is 0 Å². The summed E-state index contributed by atoms with van der Waals surface area (Å²) in [5.41, 5.74) is 2.52. The van der Waals surface area contributed by atoms with E-state index in [1.165, 1.54) is 0 Å². The number of nitrogens with one attached hydrogen (secondary N) is 1. The first-order valence-corrected chi connectivity index (χ1v) is 5.32. The number of fused-ring (bicyclic) bond motifs is 1. The quantitative estimate of drug-likeness (QED) is 0.726. The number of anilines is 2. The molecule has 0 aliphatic heterocycles. The van der Waals surface area contributed by atoms with Gasteiger partial charge < -0.3 is 13.9 Å². The lowest BCUT2D eigenvalue weighted by Gasteiger charge is -1.91. The van der Waals surface area contributed by atoms with Crippen molar-refractivity contribution in [1.82, 2.24) is 15.2 Å². The molecule has 0 atom stereocenters. The molecular weight excluding hydrogens is 236 g/mol. The van der Waals surface area contributed by atoms with E-state index in [4.69, 9.17) is 13.9 Å². The van der Waals surface area contributed by atoms with E-state index in [2.05, 4.69) is 20.5 Å². The van der Waals surface area contributed by atoms with Crippen molar-refractivity contribution >= 4 is 23.1 Å². The van der Waals surface area contributed by atoms with Crippen molar-refractivity contribution in [3.63, 3.8) is 0 Å². The topological polar surface area (TPSA) is 97.2 Å². The minimum absolute atomic E-state index is 0.127. The third kappa shape index (κ3) is 1.91. The molecule has 7 heteroatoms. The third-order valence-corrected chi connectivity index (χ3v) is 2.36. The van der Waals surface area contributed by atoms with Crippen LogP contribution in [-0.4, -0.2) is 20.3 Å². The molecule has 1 aromatic carbocycles. The predicted octanol–water partition coefficient (Wildman–Crippen LogP) is 1.76. The van der Waals surface area contributed by atoms with Crippen LogP contribution in [0.2, 0.25) is 0 Å². The Balaban J connectivity index is 1.90. The first-order chi connectivity index (χ1) is 8.74. The summed E-state index contributed by atoms with van der Waals surface area (Å²) in [6, 6.07) is 6.09. The SMILES string of the molecule is Cc1ccc2oc(Nc3nnc(CO)o3)nc2c1. The molecule has 3 rings (SSSR count). The number of hydrogen-bond donors (Lipinski definition) is 2. The van der Waals surface area contributed by atoms with Crippen molar-refractivity contribution in [2.24, 2.45) is 0 Å². The van der Waals surface area contributed by atoms with E-state index in [0.717, 1.165) is 11.1 Å². The standard InChI is InChI=1S/C11H10N4O3/c1-6-2-3-8-7(4-6)12-10(17-8)13-11-15-14-9(5-16)18-11/h2-4,16H,5H2,1H3,(H,12,13,15). The zero-order valence-electron chi connectivity index (χ0n) is 9.54. The van der Waals surface area contributed by atoms with Crippen LogP contribution in [0.25, 0.3) is 11.1 Å². The van der Waals surface area contributed by atoms with Crippen LogP contribution in [0.1, 0.15) is 11.5 Å². The molecule has 0 saturated heterocycles. The molecule has 0 aliphatic rings. The van der Waals surface area contributed by atoms with E-state index in [0.29, 0.717) is 5.58 Å². The van der Waals surface area contributed by atoms with E-state index in [1.807, 2.05) is 25.1 Å². The van der Waals surface area contributed by atoms with Gasteiger partial charge in [0.2, 0.25) is 5.89 Å². The van der Waals surface area contributed by atoms with Crippen LogP contribution >= 0.6 is 0 Å². The van der Waals surface area contributed by atoms with E-state index in [-0.39, 0.29) is 24.5 Å². The Morgan fingerprint density at radius 3 is 2.89 bits per heavy atom. The summed E-state index contributed by atoms with van der Waals surface area (Å²) in [6.07, 6.45) is 0. The summed E-state index contributed by atoms with van der Waals surface area (Å²) in [5, 5.41) is 18.8. The summed E-state index contributed by atoms with van der Waals surface area (Å²) in [5.74, 6) is 0.129. The molecule has 3 aromatic rings. The van der Waals surface area contributed by atoms with E-state index < -0.39 is 0 Å². The maximum Gasteiger partial charge on any atom is 0.323 e. The molecule has 0 fully saturated rings. The van der Waals surface area contributed by atoms with Gasteiger partial charge >= 0.3 is 12.0 Å². The second-order valence-corrected chi connectivity index (χ2v) is 3.77. The van der Waals surface area contributed by atoms with Crippen LogP contribution in [0.4, 0.5) is 12.0 Å². The van der Waals surface area contributed by atoms with Crippen molar-refractivity contribution in [2.45, 2.75) is 13.5 Å². The molecule has 2 aromatic heterocycles. The number of oxazole rings is 1. The molecule has 0 amide bonds. The first-order valence-electron chi connectivity index (χ1n) is 5.32. The van der Waals surface area contributed by atoms with Crippen LogP contribution in [0.3, 0.4) is 0 Å². The Morgan fingerprint density at radius 2 is 2.11 bits per heavy atom. The fourth-order valence-electron chi connectivity index (χ4n) is 1.55. The summed E-state index contributed by atoms with van der Waals surface area (Å²) >= 11 is 0. The third-order valence-electron chi connectivity index (χ3n) is 2.36. The van der Waals surface area contributed by atoms with Crippen molar-refractivity contribution in [2.75, 3.05) is 5.32 Å². The van der Waals surface area contributed by atoms with Crippen LogP contribution in [-0.2, 0) is 6.61 Å². The number of aliphatic hydroxyl groups is 1. The first kappa shape index (κ1) is 10.7. The summed E-state index contributed by atoms with van der Waals surface area (Å²) in [7, 11) is 0. The molecule has 7 nitrogen and oxygen atoms in total. The monoisotopic (exact) mass is 246 g/mol. The maximum atomic E-state index is 8.80. The molecule has 2 N–H and O–H groups in total. The second-order valence-electron chi connectivity index (χ2n) is 3.77. The summed E-state index contributed by atoms with van der Waals surface area (Å²) in [6.45, 7) is 1.67. The molecule has 0 saturated carbocycles. The van der Waals surface area contributed by atoms with Gasteiger partial charge in [0, 0.05) is 0 Å². The highest BCUT2D eigenvalue weighted by Crippen LogP contribution is 2.22.